The number of piperidine rings is 3. The molecule has 78 valence electrons. The number of hydrogen-bond donors (Lipinski definition) is 0. The Morgan fingerprint density at radius 1 is 1.50 bits per heavy atom. The van der Waals surface area contributed by atoms with E-state index < -0.39 is 6.04 Å². The van der Waals surface area contributed by atoms with Gasteiger partial charge in [-0.05, 0) is 19.8 Å². The van der Waals surface area contributed by atoms with Crippen LogP contribution in [0, 0.1) is 5.92 Å². The Balaban J connectivity index is 2.10. The summed E-state index contributed by atoms with van der Waals surface area (Å²) in [5.41, 5.74) is 0. The molecule has 3 heterocycles. The number of rotatable bonds is 2. The standard InChI is InChI=1S/C10H15NO3/c1-2-14-10(13)8-9(12)7-3-5-11(8)6-4-7/h7-8H,2-6H2,1H3. The average molecular weight is 197 g/mol. The molecule has 0 aromatic rings. The third-order valence-electron chi connectivity index (χ3n) is 3.08. The predicted octanol–water partition coefficient (Wildman–Crippen LogP) is 0.213. The van der Waals surface area contributed by atoms with E-state index in [0.717, 1.165) is 25.9 Å². The Morgan fingerprint density at radius 3 is 2.64 bits per heavy atom. The summed E-state index contributed by atoms with van der Waals surface area (Å²) in [5.74, 6) is -0.183. The van der Waals surface area contributed by atoms with Gasteiger partial charge in [-0.25, -0.2) is 4.79 Å². The first kappa shape index (κ1) is 9.65. The maximum Gasteiger partial charge on any atom is 0.331 e. The Bertz CT molecular complexity index is 256. The molecule has 3 saturated heterocycles. The Hall–Kier alpha value is -0.900. The van der Waals surface area contributed by atoms with Gasteiger partial charge in [0.25, 0.3) is 0 Å². The predicted molar refractivity (Wildman–Crippen MR) is 49.7 cm³/mol. The zero-order valence-electron chi connectivity index (χ0n) is 8.36. The number of esters is 1. The summed E-state index contributed by atoms with van der Waals surface area (Å²) in [5, 5.41) is 0. The van der Waals surface area contributed by atoms with Gasteiger partial charge in [-0.3, -0.25) is 9.69 Å². The van der Waals surface area contributed by atoms with E-state index >= 15 is 0 Å². The molecule has 0 N–H and O–H groups in total. The summed E-state index contributed by atoms with van der Waals surface area (Å²) in [6, 6.07) is -0.595. The monoisotopic (exact) mass is 197 g/mol. The molecule has 0 aromatic carbocycles. The second kappa shape index (κ2) is 3.69. The van der Waals surface area contributed by atoms with E-state index in [1.54, 1.807) is 6.92 Å². The van der Waals surface area contributed by atoms with E-state index in [0.29, 0.717) is 6.61 Å². The highest BCUT2D eigenvalue weighted by Crippen LogP contribution is 2.29. The highest BCUT2D eigenvalue weighted by molar-refractivity contribution is 6.05. The first-order valence-electron chi connectivity index (χ1n) is 5.18. The van der Waals surface area contributed by atoms with Crippen molar-refractivity contribution < 1.29 is 14.3 Å². The molecule has 0 aromatic heterocycles. The Labute approximate surface area is 83.2 Å². The van der Waals surface area contributed by atoms with Gasteiger partial charge in [-0.2, -0.15) is 0 Å². The lowest BCUT2D eigenvalue weighted by atomic mass is 9.82. The second-order valence-electron chi connectivity index (χ2n) is 3.87. The van der Waals surface area contributed by atoms with Crippen LogP contribution in [0.3, 0.4) is 0 Å². The van der Waals surface area contributed by atoms with Gasteiger partial charge in [0, 0.05) is 19.0 Å². The van der Waals surface area contributed by atoms with Gasteiger partial charge in [0.1, 0.15) is 0 Å². The molecule has 0 spiro atoms. The SMILES string of the molecule is CCOC(=O)C1C(=O)C2CCN1CC2. The lowest BCUT2D eigenvalue weighted by Crippen LogP contribution is -2.59. The molecule has 3 aliphatic heterocycles. The Kier molecular flexibility index (Phi) is 2.54. The molecule has 2 bridgehead atoms. The zero-order chi connectivity index (χ0) is 10.1. The summed E-state index contributed by atoms with van der Waals surface area (Å²) in [7, 11) is 0. The summed E-state index contributed by atoms with van der Waals surface area (Å²) in [6.07, 6.45) is 1.82. The van der Waals surface area contributed by atoms with Crippen molar-refractivity contribution in [3.05, 3.63) is 0 Å². The van der Waals surface area contributed by atoms with Crippen LogP contribution in [-0.2, 0) is 14.3 Å². The third kappa shape index (κ3) is 1.43. The van der Waals surface area contributed by atoms with Crippen LogP contribution in [0.4, 0.5) is 0 Å². The van der Waals surface area contributed by atoms with Crippen molar-refractivity contribution >= 4 is 11.8 Å². The van der Waals surface area contributed by atoms with Crippen LogP contribution < -0.4 is 0 Å². The molecule has 0 amide bonds. The number of hydrogen-bond acceptors (Lipinski definition) is 4. The van der Waals surface area contributed by atoms with E-state index in [1.165, 1.54) is 0 Å². The summed E-state index contributed by atoms with van der Waals surface area (Å²) in [6.45, 7) is 3.83. The molecule has 3 fully saturated rings. The molecule has 0 saturated carbocycles. The first-order chi connectivity index (χ1) is 6.74. The third-order valence-corrected chi connectivity index (χ3v) is 3.08. The van der Waals surface area contributed by atoms with Crippen LogP contribution in [0.5, 0.6) is 0 Å². The number of ether oxygens (including phenoxy) is 1. The molecule has 4 heteroatoms. The molecule has 0 radical (unpaired) electrons. The van der Waals surface area contributed by atoms with Gasteiger partial charge >= 0.3 is 5.97 Å². The maximum absolute atomic E-state index is 11.8. The van der Waals surface area contributed by atoms with Gasteiger partial charge in [0.15, 0.2) is 11.8 Å². The lowest BCUT2D eigenvalue weighted by molar-refractivity contribution is -0.160. The first-order valence-corrected chi connectivity index (χ1v) is 5.18. The van der Waals surface area contributed by atoms with Crippen molar-refractivity contribution in [1.29, 1.82) is 0 Å². The number of carbonyl (C=O) groups is 2. The van der Waals surface area contributed by atoms with Gasteiger partial charge < -0.3 is 4.74 Å². The van der Waals surface area contributed by atoms with Crippen LogP contribution >= 0.6 is 0 Å². The van der Waals surface area contributed by atoms with Crippen molar-refractivity contribution in [1.82, 2.24) is 4.90 Å². The van der Waals surface area contributed by atoms with Gasteiger partial charge in [-0.1, -0.05) is 0 Å². The molecule has 0 aliphatic carbocycles. The molecule has 3 rings (SSSR count). The highest BCUT2D eigenvalue weighted by atomic mass is 16.5. The quantitative estimate of drug-likeness (QED) is 0.469. The van der Waals surface area contributed by atoms with Crippen LogP contribution in [0.25, 0.3) is 0 Å². The van der Waals surface area contributed by atoms with Gasteiger partial charge in [-0.15, -0.1) is 0 Å². The van der Waals surface area contributed by atoms with Crippen molar-refractivity contribution in [2.45, 2.75) is 25.8 Å². The van der Waals surface area contributed by atoms with E-state index in [1.807, 2.05) is 4.90 Å². The fraction of sp³-hybridized carbons (Fsp3) is 0.800. The van der Waals surface area contributed by atoms with Crippen molar-refractivity contribution in [2.24, 2.45) is 5.92 Å². The largest absolute Gasteiger partial charge is 0.464 e. The highest BCUT2D eigenvalue weighted by Gasteiger charge is 2.45. The van der Waals surface area contributed by atoms with Crippen LogP contribution in [0.2, 0.25) is 0 Å². The molecule has 4 nitrogen and oxygen atoms in total. The fourth-order valence-electron chi connectivity index (χ4n) is 2.33. The van der Waals surface area contributed by atoms with Crippen molar-refractivity contribution in [3.8, 4) is 0 Å². The molecular weight excluding hydrogens is 182 g/mol. The van der Waals surface area contributed by atoms with Crippen LogP contribution in [-0.4, -0.2) is 42.4 Å². The van der Waals surface area contributed by atoms with E-state index in [9.17, 15) is 9.59 Å². The normalized spacial score (nSPS) is 35.8. The van der Waals surface area contributed by atoms with Crippen LogP contribution in [0.1, 0.15) is 19.8 Å². The number of nitrogens with zero attached hydrogens (tertiary/aromatic N) is 1. The van der Waals surface area contributed by atoms with E-state index in [-0.39, 0.29) is 17.7 Å². The second-order valence-corrected chi connectivity index (χ2v) is 3.87. The topological polar surface area (TPSA) is 46.6 Å². The minimum atomic E-state index is -0.595. The van der Waals surface area contributed by atoms with Gasteiger partial charge in [0.05, 0.1) is 6.61 Å². The summed E-state index contributed by atoms with van der Waals surface area (Å²) in [4.78, 5) is 25.2. The minimum absolute atomic E-state index is 0.0703. The van der Waals surface area contributed by atoms with Crippen LogP contribution in [0.15, 0.2) is 0 Å². The number of carbonyl (C=O) groups excluding carboxylic acids is 2. The van der Waals surface area contributed by atoms with Crippen molar-refractivity contribution in [2.75, 3.05) is 19.7 Å². The summed E-state index contributed by atoms with van der Waals surface area (Å²) < 4.78 is 4.90. The van der Waals surface area contributed by atoms with E-state index in [2.05, 4.69) is 0 Å². The molecule has 1 atom stereocenters. The number of ketones is 1. The smallest absolute Gasteiger partial charge is 0.331 e. The maximum atomic E-state index is 11.8. The molecule has 3 aliphatic rings. The molecule has 14 heavy (non-hydrogen) atoms. The average Bonchev–Trinajstić information content (AvgIpc) is 2.19. The lowest BCUT2D eigenvalue weighted by Gasteiger charge is -2.42. The molecule has 1 unspecified atom stereocenters. The zero-order valence-corrected chi connectivity index (χ0v) is 8.36. The summed E-state index contributed by atoms with van der Waals surface area (Å²) >= 11 is 0. The van der Waals surface area contributed by atoms with Gasteiger partial charge in [0.2, 0.25) is 0 Å². The minimum Gasteiger partial charge on any atom is -0.464 e. The van der Waals surface area contributed by atoms with E-state index in [4.69, 9.17) is 4.74 Å². The fourth-order valence-corrected chi connectivity index (χ4v) is 2.33. The molecular formula is C10H15NO3. The van der Waals surface area contributed by atoms with Crippen molar-refractivity contribution in [3.63, 3.8) is 0 Å². The number of fused-ring (bicyclic) bond motifs is 3. The Morgan fingerprint density at radius 2 is 2.14 bits per heavy atom. The number of Topliss-reactive ketones (excluding diaryl/α,β-unsaturated/α-hetero) is 1.